The third-order valence-corrected chi connectivity index (χ3v) is 3.37. The molecule has 5 heteroatoms. The van der Waals surface area contributed by atoms with Crippen LogP contribution in [0.2, 0.25) is 0 Å². The van der Waals surface area contributed by atoms with Crippen LogP contribution in [-0.2, 0) is 9.59 Å². The summed E-state index contributed by atoms with van der Waals surface area (Å²) >= 11 is 0. The molecule has 0 aliphatic carbocycles. The van der Waals surface area contributed by atoms with Crippen molar-refractivity contribution >= 4 is 18.0 Å². The van der Waals surface area contributed by atoms with Crippen molar-refractivity contribution in [3.05, 3.63) is 0 Å². The molecule has 102 valence electrons. The average Bonchev–Trinajstić information content (AvgIpc) is 2.74. The van der Waals surface area contributed by atoms with Gasteiger partial charge in [-0.2, -0.15) is 0 Å². The van der Waals surface area contributed by atoms with Crippen molar-refractivity contribution in [2.75, 3.05) is 0 Å². The maximum Gasteiger partial charge on any atom is 0.320 e. The summed E-state index contributed by atoms with van der Waals surface area (Å²) in [7, 11) is 0. The van der Waals surface area contributed by atoms with Gasteiger partial charge < -0.3 is 10.8 Å². The first kappa shape index (κ1) is 14.8. The van der Waals surface area contributed by atoms with Gasteiger partial charge in [-0.25, -0.2) is 0 Å². The number of carboxylic acids is 1. The highest BCUT2D eigenvalue weighted by Crippen LogP contribution is 2.20. The molecule has 1 aliphatic heterocycles. The van der Waals surface area contributed by atoms with Crippen LogP contribution in [0.3, 0.4) is 0 Å². The monoisotopic (exact) mass is 254 g/mol. The first-order valence-corrected chi connectivity index (χ1v) is 6.55. The number of ketones is 1. The second kappa shape index (κ2) is 7.26. The standard InChI is InChI=1S/C13H22N2O3/c1-9-7-8-15-12(9)11(16)6-4-2-3-5-10(14)13(17)18/h8-10,12H,2-7,14H2,1H3,(H,17,18). The lowest BCUT2D eigenvalue weighted by Crippen LogP contribution is -2.29. The van der Waals surface area contributed by atoms with Gasteiger partial charge in [0.15, 0.2) is 5.78 Å². The summed E-state index contributed by atoms with van der Waals surface area (Å²) < 4.78 is 0. The zero-order valence-corrected chi connectivity index (χ0v) is 10.8. The van der Waals surface area contributed by atoms with Gasteiger partial charge in [0, 0.05) is 6.42 Å². The molecule has 5 nitrogen and oxygen atoms in total. The summed E-state index contributed by atoms with van der Waals surface area (Å²) in [6, 6.07) is -0.925. The van der Waals surface area contributed by atoms with E-state index in [1.54, 1.807) is 0 Å². The van der Waals surface area contributed by atoms with Crippen LogP contribution in [0.5, 0.6) is 0 Å². The molecule has 0 fully saturated rings. The quantitative estimate of drug-likeness (QED) is 0.640. The van der Waals surface area contributed by atoms with Crippen LogP contribution in [0, 0.1) is 5.92 Å². The molecule has 0 radical (unpaired) electrons. The maximum atomic E-state index is 11.8. The van der Waals surface area contributed by atoms with Crippen molar-refractivity contribution in [2.45, 2.75) is 57.5 Å². The molecule has 0 saturated heterocycles. The Hall–Kier alpha value is -1.23. The summed E-state index contributed by atoms with van der Waals surface area (Å²) in [6.07, 6.45) is 6.13. The van der Waals surface area contributed by atoms with E-state index in [1.165, 1.54) is 0 Å². The fourth-order valence-corrected chi connectivity index (χ4v) is 2.13. The summed E-state index contributed by atoms with van der Waals surface area (Å²) in [5, 5.41) is 8.60. The summed E-state index contributed by atoms with van der Waals surface area (Å²) in [5.74, 6) is -0.420. The first-order valence-electron chi connectivity index (χ1n) is 6.55. The number of unbranched alkanes of at least 4 members (excludes halogenated alkanes) is 2. The van der Waals surface area contributed by atoms with E-state index in [9.17, 15) is 9.59 Å². The van der Waals surface area contributed by atoms with Crippen molar-refractivity contribution in [1.29, 1.82) is 0 Å². The number of hydrogen-bond acceptors (Lipinski definition) is 4. The fourth-order valence-electron chi connectivity index (χ4n) is 2.13. The molecular weight excluding hydrogens is 232 g/mol. The Kier molecular flexibility index (Phi) is 5.98. The van der Waals surface area contributed by atoms with Gasteiger partial charge in [-0.05, 0) is 31.4 Å². The average molecular weight is 254 g/mol. The molecule has 3 atom stereocenters. The van der Waals surface area contributed by atoms with Crippen molar-refractivity contribution < 1.29 is 14.7 Å². The van der Waals surface area contributed by atoms with E-state index in [-0.39, 0.29) is 11.8 Å². The number of Topliss-reactive ketones (excluding diaryl/α,β-unsaturated/α-hetero) is 1. The van der Waals surface area contributed by atoms with E-state index in [0.29, 0.717) is 18.8 Å². The fraction of sp³-hybridized carbons (Fsp3) is 0.769. The largest absolute Gasteiger partial charge is 0.480 e. The minimum atomic E-state index is -0.958. The SMILES string of the molecule is CC1CC=NC1C(=O)CCCCCC(N)C(=O)O. The number of nitrogens with two attached hydrogens (primary N) is 1. The number of carbonyl (C=O) groups excluding carboxylic acids is 1. The van der Waals surface area contributed by atoms with Crippen LogP contribution < -0.4 is 5.73 Å². The number of carboxylic acid groups (broad SMARTS) is 1. The first-order chi connectivity index (χ1) is 8.52. The Morgan fingerprint density at radius 3 is 2.72 bits per heavy atom. The summed E-state index contributed by atoms with van der Waals surface area (Å²) in [4.78, 5) is 26.5. The van der Waals surface area contributed by atoms with E-state index in [0.717, 1.165) is 25.7 Å². The molecule has 1 aliphatic rings. The third-order valence-electron chi connectivity index (χ3n) is 3.37. The van der Waals surface area contributed by atoms with Crippen molar-refractivity contribution in [3.63, 3.8) is 0 Å². The highest BCUT2D eigenvalue weighted by molar-refractivity contribution is 5.87. The van der Waals surface area contributed by atoms with Crippen molar-refractivity contribution in [2.24, 2.45) is 16.6 Å². The van der Waals surface area contributed by atoms with Gasteiger partial charge in [0.1, 0.15) is 12.1 Å². The molecule has 0 aromatic rings. The van der Waals surface area contributed by atoms with Gasteiger partial charge in [0.05, 0.1) is 0 Å². The van der Waals surface area contributed by atoms with Crippen LogP contribution in [0.25, 0.3) is 0 Å². The molecule has 0 saturated carbocycles. The third kappa shape index (κ3) is 4.56. The molecule has 3 unspecified atom stereocenters. The maximum absolute atomic E-state index is 11.8. The Morgan fingerprint density at radius 1 is 1.44 bits per heavy atom. The van der Waals surface area contributed by atoms with Gasteiger partial charge in [0.2, 0.25) is 0 Å². The Bertz CT molecular complexity index is 328. The van der Waals surface area contributed by atoms with Crippen LogP contribution in [0.4, 0.5) is 0 Å². The van der Waals surface area contributed by atoms with E-state index in [4.69, 9.17) is 10.8 Å². The molecule has 0 spiro atoms. The number of aliphatic imine (C=N–C) groups is 1. The van der Waals surface area contributed by atoms with Crippen LogP contribution in [0.1, 0.15) is 45.4 Å². The number of hydrogen-bond donors (Lipinski definition) is 2. The molecule has 0 aromatic carbocycles. The Morgan fingerprint density at radius 2 is 2.17 bits per heavy atom. The van der Waals surface area contributed by atoms with Gasteiger partial charge in [-0.1, -0.05) is 19.8 Å². The Balaban J connectivity index is 2.09. The van der Waals surface area contributed by atoms with Crippen molar-refractivity contribution in [3.8, 4) is 0 Å². The van der Waals surface area contributed by atoms with Gasteiger partial charge in [-0.3, -0.25) is 14.6 Å². The highest BCUT2D eigenvalue weighted by atomic mass is 16.4. The highest BCUT2D eigenvalue weighted by Gasteiger charge is 2.26. The lowest BCUT2D eigenvalue weighted by molar-refractivity contribution is -0.138. The van der Waals surface area contributed by atoms with Gasteiger partial charge in [0.25, 0.3) is 0 Å². The van der Waals surface area contributed by atoms with Gasteiger partial charge in [-0.15, -0.1) is 0 Å². The van der Waals surface area contributed by atoms with E-state index >= 15 is 0 Å². The molecule has 0 aromatic heterocycles. The molecule has 0 bridgehead atoms. The molecule has 0 amide bonds. The predicted octanol–water partition coefficient (Wildman–Crippen LogP) is 1.40. The zero-order valence-electron chi connectivity index (χ0n) is 10.8. The zero-order chi connectivity index (χ0) is 13.5. The van der Waals surface area contributed by atoms with Gasteiger partial charge >= 0.3 is 5.97 Å². The van der Waals surface area contributed by atoms with E-state index in [2.05, 4.69) is 4.99 Å². The molecular formula is C13H22N2O3. The van der Waals surface area contributed by atoms with Crippen LogP contribution >= 0.6 is 0 Å². The molecule has 3 N–H and O–H groups in total. The number of rotatable bonds is 8. The van der Waals surface area contributed by atoms with Crippen LogP contribution in [-0.4, -0.2) is 35.2 Å². The van der Waals surface area contributed by atoms with E-state index < -0.39 is 12.0 Å². The van der Waals surface area contributed by atoms with Crippen LogP contribution in [0.15, 0.2) is 4.99 Å². The minimum Gasteiger partial charge on any atom is -0.480 e. The lowest BCUT2D eigenvalue weighted by atomic mass is 9.95. The Labute approximate surface area is 107 Å². The predicted molar refractivity (Wildman–Crippen MR) is 69.8 cm³/mol. The summed E-state index contributed by atoms with van der Waals surface area (Å²) in [6.45, 7) is 2.04. The van der Waals surface area contributed by atoms with Crippen molar-refractivity contribution in [1.82, 2.24) is 0 Å². The molecule has 1 rings (SSSR count). The topological polar surface area (TPSA) is 92.8 Å². The molecule has 1 heterocycles. The number of carbonyl (C=O) groups is 2. The number of aliphatic carboxylic acids is 1. The number of nitrogens with zero attached hydrogens (tertiary/aromatic N) is 1. The molecule has 18 heavy (non-hydrogen) atoms. The second-order valence-electron chi connectivity index (χ2n) is 5.00. The summed E-state index contributed by atoms with van der Waals surface area (Å²) in [5.41, 5.74) is 5.39. The second-order valence-corrected chi connectivity index (χ2v) is 5.00. The van der Waals surface area contributed by atoms with E-state index in [1.807, 2.05) is 13.1 Å². The smallest absolute Gasteiger partial charge is 0.320 e. The normalized spacial score (nSPS) is 24.1. The lowest BCUT2D eigenvalue weighted by Gasteiger charge is -2.12. The minimum absolute atomic E-state index is 0.147.